The van der Waals surface area contributed by atoms with E-state index in [-0.39, 0.29) is 23.5 Å². The van der Waals surface area contributed by atoms with Gasteiger partial charge in [-0.2, -0.15) is 0 Å². The summed E-state index contributed by atoms with van der Waals surface area (Å²) in [4.78, 5) is 38.9. The lowest BCUT2D eigenvalue weighted by molar-refractivity contribution is -0.123. The molecule has 1 atom stereocenters. The van der Waals surface area contributed by atoms with E-state index in [0.717, 1.165) is 0 Å². The molecule has 0 aliphatic carbocycles. The van der Waals surface area contributed by atoms with Gasteiger partial charge in [-0.05, 0) is 44.4 Å². The van der Waals surface area contributed by atoms with Gasteiger partial charge in [-0.25, -0.2) is 4.79 Å². The van der Waals surface area contributed by atoms with Gasteiger partial charge < -0.3 is 15.0 Å². The zero-order chi connectivity index (χ0) is 17.3. The summed E-state index contributed by atoms with van der Waals surface area (Å²) in [6.07, 6.45) is 1.10. The first kappa shape index (κ1) is 16.3. The van der Waals surface area contributed by atoms with Gasteiger partial charge in [-0.3, -0.25) is 14.2 Å². The summed E-state index contributed by atoms with van der Waals surface area (Å²) in [5, 5.41) is 3.20. The van der Waals surface area contributed by atoms with Crippen molar-refractivity contribution in [1.29, 1.82) is 0 Å². The van der Waals surface area contributed by atoms with Crippen molar-refractivity contribution in [1.82, 2.24) is 14.9 Å². The molecule has 0 spiro atoms. The Bertz CT molecular complexity index is 872. The average molecular weight is 331 g/mol. The average Bonchev–Trinajstić information content (AvgIpc) is 2.53. The maximum absolute atomic E-state index is 12.7. The fourth-order valence-electron chi connectivity index (χ4n) is 2.94. The SMILES string of the molecule is CC(C)Oc1ccc2[nH]c(=O)n(CC3CCC(=O)NC3)c(=O)c2c1. The minimum Gasteiger partial charge on any atom is -0.491 e. The number of benzene rings is 1. The van der Waals surface area contributed by atoms with Crippen molar-refractivity contribution in [2.75, 3.05) is 6.54 Å². The van der Waals surface area contributed by atoms with Crippen molar-refractivity contribution in [3.8, 4) is 5.75 Å². The summed E-state index contributed by atoms with van der Waals surface area (Å²) in [6.45, 7) is 4.60. The molecule has 1 fully saturated rings. The second-order valence-corrected chi connectivity index (χ2v) is 6.43. The first-order chi connectivity index (χ1) is 11.4. The minimum atomic E-state index is -0.429. The van der Waals surface area contributed by atoms with Crippen LogP contribution >= 0.6 is 0 Å². The molecule has 1 aliphatic rings. The first-order valence-corrected chi connectivity index (χ1v) is 8.14. The number of ether oxygens (including phenoxy) is 1. The number of nitrogens with zero attached hydrogens (tertiary/aromatic N) is 1. The van der Waals surface area contributed by atoms with Gasteiger partial charge in [0.1, 0.15) is 5.75 Å². The van der Waals surface area contributed by atoms with Crippen LogP contribution in [-0.4, -0.2) is 28.1 Å². The van der Waals surface area contributed by atoms with Crippen LogP contribution in [0.3, 0.4) is 0 Å². The third-order valence-electron chi connectivity index (χ3n) is 4.13. The Morgan fingerprint density at radius 3 is 2.75 bits per heavy atom. The van der Waals surface area contributed by atoms with Crippen molar-refractivity contribution in [3.63, 3.8) is 0 Å². The molecule has 2 heterocycles. The molecular formula is C17H21N3O4. The molecule has 128 valence electrons. The molecule has 1 amide bonds. The lowest BCUT2D eigenvalue weighted by atomic mass is 9.99. The summed E-state index contributed by atoms with van der Waals surface area (Å²) in [5.74, 6) is 0.689. The van der Waals surface area contributed by atoms with E-state index < -0.39 is 5.69 Å². The summed E-state index contributed by atoms with van der Waals surface area (Å²) in [5.41, 5.74) is -0.268. The topological polar surface area (TPSA) is 93.2 Å². The third-order valence-corrected chi connectivity index (χ3v) is 4.13. The van der Waals surface area contributed by atoms with E-state index >= 15 is 0 Å². The molecule has 24 heavy (non-hydrogen) atoms. The predicted octanol–water partition coefficient (Wildman–Crippen LogP) is 1.00. The normalized spacial score (nSPS) is 18.0. The molecular weight excluding hydrogens is 310 g/mol. The van der Waals surface area contributed by atoms with Crippen LogP contribution in [0.1, 0.15) is 26.7 Å². The van der Waals surface area contributed by atoms with Crippen LogP contribution in [0.5, 0.6) is 5.75 Å². The van der Waals surface area contributed by atoms with E-state index in [1.54, 1.807) is 18.2 Å². The van der Waals surface area contributed by atoms with E-state index in [1.165, 1.54) is 4.57 Å². The number of piperidine rings is 1. The Kier molecular flexibility index (Phi) is 4.42. The van der Waals surface area contributed by atoms with E-state index in [4.69, 9.17) is 4.74 Å². The molecule has 3 rings (SSSR count). The molecule has 1 aliphatic heterocycles. The maximum Gasteiger partial charge on any atom is 0.328 e. The van der Waals surface area contributed by atoms with E-state index in [0.29, 0.717) is 42.6 Å². The number of rotatable bonds is 4. The second-order valence-electron chi connectivity index (χ2n) is 6.43. The highest BCUT2D eigenvalue weighted by atomic mass is 16.5. The smallest absolute Gasteiger partial charge is 0.328 e. The first-order valence-electron chi connectivity index (χ1n) is 8.14. The lowest BCUT2D eigenvalue weighted by Gasteiger charge is -2.22. The summed E-state index contributed by atoms with van der Waals surface area (Å²) in [7, 11) is 0. The number of hydrogen-bond acceptors (Lipinski definition) is 4. The highest BCUT2D eigenvalue weighted by Gasteiger charge is 2.20. The minimum absolute atomic E-state index is 0.00159. The van der Waals surface area contributed by atoms with Crippen LogP contribution in [-0.2, 0) is 11.3 Å². The van der Waals surface area contributed by atoms with Gasteiger partial charge >= 0.3 is 5.69 Å². The van der Waals surface area contributed by atoms with Crippen molar-refractivity contribution in [2.45, 2.75) is 39.3 Å². The third kappa shape index (κ3) is 3.34. The van der Waals surface area contributed by atoms with E-state index in [9.17, 15) is 14.4 Å². The summed E-state index contributed by atoms with van der Waals surface area (Å²) >= 11 is 0. The number of carbonyl (C=O) groups is 1. The van der Waals surface area contributed by atoms with Gasteiger partial charge in [0.25, 0.3) is 5.56 Å². The Hall–Kier alpha value is -2.57. The van der Waals surface area contributed by atoms with Crippen molar-refractivity contribution >= 4 is 16.8 Å². The van der Waals surface area contributed by atoms with Crippen LogP contribution in [0.25, 0.3) is 10.9 Å². The highest BCUT2D eigenvalue weighted by Crippen LogP contribution is 2.18. The largest absolute Gasteiger partial charge is 0.491 e. The van der Waals surface area contributed by atoms with Crippen LogP contribution < -0.4 is 21.3 Å². The Labute approximate surface area is 138 Å². The van der Waals surface area contributed by atoms with Crippen LogP contribution in [0.2, 0.25) is 0 Å². The van der Waals surface area contributed by atoms with Crippen molar-refractivity contribution in [2.24, 2.45) is 5.92 Å². The number of aromatic nitrogens is 2. The van der Waals surface area contributed by atoms with E-state index in [1.807, 2.05) is 13.8 Å². The molecule has 0 saturated carbocycles. The molecule has 0 radical (unpaired) electrons. The molecule has 1 unspecified atom stereocenters. The van der Waals surface area contributed by atoms with Gasteiger partial charge in [-0.1, -0.05) is 0 Å². The molecule has 1 saturated heterocycles. The molecule has 0 bridgehead atoms. The van der Waals surface area contributed by atoms with Gasteiger partial charge in [0.15, 0.2) is 0 Å². The maximum atomic E-state index is 12.7. The lowest BCUT2D eigenvalue weighted by Crippen LogP contribution is -2.42. The molecule has 7 nitrogen and oxygen atoms in total. The van der Waals surface area contributed by atoms with Gasteiger partial charge in [0.05, 0.1) is 17.0 Å². The second kappa shape index (κ2) is 6.51. The number of aromatic amines is 1. The molecule has 2 N–H and O–H groups in total. The van der Waals surface area contributed by atoms with Gasteiger partial charge in [-0.15, -0.1) is 0 Å². The van der Waals surface area contributed by atoms with Gasteiger partial charge in [0.2, 0.25) is 5.91 Å². The Balaban J connectivity index is 1.96. The van der Waals surface area contributed by atoms with Crippen LogP contribution in [0.15, 0.2) is 27.8 Å². The molecule has 1 aromatic heterocycles. The Morgan fingerprint density at radius 2 is 2.08 bits per heavy atom. The zero-order valence-electron chi connectivity index (χ0n) is 13.8. The predicted molar refractivity (Wildman–Crippen MR) is 90.3 cm³/mol. The molecule has 2 aromatic rings. The Morgan fingerprint density at radius 1 is 1.29 bits per heavy atom. The standard InChI is InChI=1S/C17H21N3O4/c1-10(2)24-12-4-5-14-13(7-12)16(22)20(17(23)19-14)9-11-3-6-15(21)18-8-11/h4-5,7,10-11H,3,6,8-9H2,1-2H3,(H,18,21)(H,19,23). The van der Waals surface area contributed by atoms with Crippen LogP contribution in [0, 0.1) is 5.92 Å². The van der Waals surface area contributed by atoms with Gasteiger partial charge in [0, 0.05) is 19.5 Å². The fourth-order valence-corrected chi connectivity index (χ4v) is 2.94. The number of hydrogen-bond donors (Lipinski definition) is 2. The quantitative estimate of drug-likeness (QED) is 0.874. The number of carbonyl (C=O) groups excluding carboxylic acids is 1. The van der Waals surface area contributed by atoms with Crippen LogP contribution in [0.4, 0.5) is 0 Å². The summed E-state index contributed by atoms with van der Waals surface area (Å²) < 4.78 is 6.83. The van der Waals surface area contributed by atoms with Crippen molar-refractivity contribution < 1.29 is 9.53 Å². The number of nitrogens with one attached hydrogen (secondary N) is 2. The van der Waals surface area contributed by atoms with Crippen molar-refractivity contribution in [3.05, 3.63) is 39.0 Å². The number of amides is 1. The molecule has 7 heteroatoms. The highest BCUT2D eigenvalue weighted by molar-refractivity contribution is 5.79. The summed E-state index contributed by atoms with van der Waals surface area (Å²) in [6, 6.07) is 5.08. The number of H-pyrrole nitrogens is 1. The number of fused-ring (bicyclic) bond motifs is 1. The zero-order valence-corrected chi connectivity index (χ0v) is 13.8. The fraction of sp³-hybridized carbons (Fsp3) is 0.471. The monoisotopic (exact) mass is 331 g/mol. The molecule has 1 aromatic carbocycles. The van der Waals surface area contributed by atoms with E-state index in [2.05, 4.69) is 10.3 Å².